The molecule has 1 aliphatic carbocycles. The molecule has 0 amide bonds. The number of ether oxygens (including phenoxy) is 1. The Labute approximate surface area is 109 Å². The molecule has 18 heavy (non-hydrogen) atoms. The first-order chi connectivity index (χ1) is 8.56. The molecule has 0 heterocycles. The molecular weight excluding hydrogens is 229 g/mol. The molecule has 0 aliphatic heterocycles. The van der Waals surface area contributed by atoms with E-state index in [9.17, 15) is 4.39 Å². The van der Waals surface area contributed by atoms with Gasteiger partial charge in [-0.3, -0.25) is 0 Å². The van der Waals surface area contributed by atoms with E-state index in [1.807, 2.05) is 13.0 Å². The van der Waals surface area contributed by atoms with Gasteiger partial charge < -0.3 is 10.1 Å². The number of benzene rings is 1. The van der Waals surface area contributed by atoms with Gasteiger partial charge in [0.25, 0.3) is 0 Å². The quantitative estimate of drug-likeness (QED) is 0.867. The Morgan fingerprint density at radius 1 is 1.33 bits per heavy atom. The van der Waals surface area contributed by atoms with Crippen LogP contribution in [0.15, 0.2) is 18.2 Å². The molecule has 1 aromatic rings. The zero-order valence-corrected chi connectivity index (χ0v) is 11.4. The fourth-order valence-electron chi connectivity index (χ4n) is 2.35. The topological polar surface area (TPSA) is 21.3 Å². The van der Waals surface area contributed by atoms with Crippen molar-refractivity contribution < 1.29 is 9.13 Å². The normalized spacial score (nSPS) is 22.9. The predicted octanol–water partition coefficient (Wildman–Crippen LogP) is 3.30. The fraction of sp³-hybridized carbons (Fsp3) is 0.600. The van der Waals surface area contributed by atoms with Gasteiger partial charge in [-0.15, -0.1) is 0 Å². The average molecular weight is 251 g/mol. The SMILES string of the molecule is CCc1cc(F)cc(OC2CC(NC(C)C)C2)c1. The maximum absolute atomic E-state index is 13.3. The van der Waals surface area contributed by atoms with Gasteiger partial charge in [-0.25, -0.2) is 4.39 Å². The van der Waals surface area contributed by atoms with Crippen LogP contribution in [-0.4, -0.2) is 18.2 Å². The Balaban J connectivity index is 1.86. The first-order valence-electron chi connectivity index (χ1n) is 6.79. The molecule has 0 atom stereocenters. The molecule has 1 aliphatic rings. The minimum Gasteiger partial charge on any atom is -0.490 e. The van der Waals surface area contributed by atoms with Gasteiger partial charge >= 0.3 is 0 Å². The lowest BCUT2D eigenvalue weighted by atomic mass is 9.88. The highest BCUT2D eigenvalue weighted by atomic mass is 19.1. The first kappa shape index (κ1) is 13.3. The molecule has 0 radical (unpaired) electrons. The van der Waals surface area contributed by atoms with E-state index >= 15 is 0 Å². The van der Waals surface area contributed by atoms with E-state index in [1.165, 1.54) is 6.07 Å². The summed E-state index contributed by atoms with van der Waals surface area (Å²) in [5.41, 5.74) is 0.987. The van der Waals surface area contributed by atoms with Gasteiger partial charge in [0.2, 0.25) is 0 Å². The summed E-state index contributed by atoms with van der Waals surface area (Å²) in [6, 6.07) is 6.04. The molecule has 1 saturated carbocycles. The number of nitrogens with one attached hydrogen (secondary N) is 1. The van der Waals surface area contributed by atoms with Gasteiger partial charge in [-0.1, -0.05) is 20.8 Å². The second kappa shape index (κ2) is 5.70. The maximum Gasteiger partial charge on any atom is 0.127 e. The summed E-state index contributed by atoms with van der Waals surface area (Å²) in [5.74, 6) is 0.459. The van der Waals surface area contributed by atoms with E-state index in [2.05, 4.69) is 19.2 Å². The maximum atomic E-state index is 13.3. The molecule has 0 unspecified atom stereocenters. The van der Waals surface area contributed by atoms with Crippen LogP contribution in [0.1, 0.15) is 39.2 Å². The molecule has 100 valence electrons. The van der Waals surface area contributed by atoms with Crippen molar-refractivity contribution in [3.63, 3.8) is 0 Å². The number of aryl methyl sites for hydroxylation is 1. The summed E-state index contributed by atoms with van der Waals surface area (Å²) in [4.78, 5) is 0. The largest absolute Gasteiger partial charge is 0.490 e. The fourth-order valence-corrected chi connectivity index (χ4v) is 2.35. The third-order valence-corrected chi connectivity index (χ3v) is 3.31. The Morgan fingerprint density at radius 3 is 2.67 bits per heavy atom. The lowest BCUT2D eigenvalue weighted by molar-refractivity contribution is 0.0811. The molecule has 0 bridgehead atoms. The summed E-state index contributed by atoms with van der Waals surface area (Å²) < 4.78 is 19.1. The van der Waals surface area contributed by atoms with Crippen molar-refractivity contribution in [2.45, 2.75) is 58.2 Å². The van der Waals surface area contributed by atoms with Gasteiger partial charge in [-0.2, -0.15) is 0 Å². The van der Waals surface area contributed by atoms with Crippen molar-refractivity contribution >= 4 is 0 Å². The monoisotopic (exact) mass is 251 g/mol. The lowest BCUT2D eigenvalue weighted by Crippen LogP contribution is -2.49. The van der Waals surface area contributed by atoms with E-state index < -0.39 is 0 Å². The van der Waals surface area contributed by atoms with Crippen LogP contribution in [-0.2, 0) is 6.42 Å². The molecule has 1 fully saturated rings. The highest BCUT2D eigenvalue weighted by Crippen LogP contribution is 2.27. The van der Waals surface area contributed by atoms with E-state index in [0.29, 0.717) is 17.8 Å². The van der Waals surface area contributed by atoms with Crippen molar-refractivity contribution in [3.05, 3.63) is 29.6 Å². The van der Waals surface area contributed by atoms with Crippen LogP contribution in [0.25, 0.3) is 0 Å². The van der Waals surface area contributed by atoms with Crippen molar-refractivity contribution in [1.29, 1.82) is 0 Å². The molecule has 0 spiro atoms. The van der Waals surface area contributed by atoms with Gasteiger partial charge in [0, 0.05) is 18.2 Å². The second-order valence-electron chi connectivity index (χ2n) is 5.38. The standard InChI is InChI=1S/C15H22FNO/c1-4-11-5-12(16)7-14(6-11)18-15-8-13(9-15)17-10(2)3/h5-7,10,13,15,17H,4,8-9H2,1-3H3. The van der Waals surface area contributed by atoms with E-state index in [4.69, 9.17) is 4.74 Å². The zero-order chi connectivity index (χ0) is 13.1. The number of hydrogen-bond donors (Lipinski definition) is 1. The highest BCUT2D eigenvalue weighted by Gasteiger charge is 2.31. The lowest BCUT2D eigenvalue weighted by Gasteiger charge is -2.37. The summed E-state index contributed by atoms with van der Waals surface area (Å²) >= 11 is 0. The molecule has 0 aromatic heterocycles. The molecule has 0 saturated heterocycles. The smallest absolute Gasteiger partial charge is 0.127 e. The van der Waals surface area contributed by atoms with E-state index in [0.717, 1.165) is 24.8 Å². The van der Waals surface area contributed by atoms with Gasteiger partial charge in [-0.05, 0) is 37.0 Å². The van der Waals surface area contributed by atoms with Crippen molar-refractivity contribution in [1.82, 2.24) is 5.32 Å². The van der Waals surface area contributed by atoms with Crippen LogP contribution in [0, 0.1) is 5.82 Å². The number of halogens is 1. The number of rotatable bonds is 5. The first-order valence-corrected chi connectivity index (χ1v) is 6.79. The van der Waals surface area contributed by atoms with Gasteiger partial charge in [0.05, 0.1) is 0 Å². The van der Waals surface area contributed by atoms with Gasteiger partial charge in [0.15, 0.2) is 0 Å². The second-order valence-corrected chi connectivity index (χ2v) is 5.38. The van der Waals surface area contributed by atoms with E-state index in [1.54, 1.807) is 6.07 Å². The van der Waals surface area contributed by atoms with Crippen LogP contribution < -0.4 is 10.1 Å². The summed E-state index contributed by atoms with van der Waals surface area (Å²) in [7, 11) is 0. The van der Waals surface area contributed by atoms with Crippen LogP contribution in [0.5, 0.6) is 5.75 Å². The Hall–Kier alpha value is -1.09. The van der Waals surface area contributed by atoms with Crippen LogP contribution in [0.3, 0.4) is 0 Å². The number of hydrogen-bond acceptors (Lipinski definition) is 2. The summed E-state index contributed by atoms with van der Waals surface area (Å²) in [5, 5.41) is 3.47. The molecule has 3 heteroatoms. The van der Waals surface area contributed by atoms with Crippen LogP contribution in [0.2, 0.25) is 0 Å². The van der Waals surface area contributed by atoms with Gasteiger partial charge in [0.1, 0.15) is 17.7 Å². The highest BCUT2D eigenvalue weighted by molar-refractivity contribution is 5.30. The molecule has 2 rings (SSSR count). The molecule has 1 aromatic carbocycles. The third kappa shape index (κ3) is 3.45. The Kier molecular flexibility index (Phi) is 4.23. The Bertz CT molecular complexity index is 399. The van der Waals surface area contributed by atoms with Crippen molar-refractivity contribution in [3.8, 4) is 5.75 Å². The Morgan fingerprint density at radius 2 is 2.06 bits per heavy atom. The molecule has 1 N–H and O–H groups in total. The van der Waals surface area contributed by atoms with E-state index in [-0.39, 0.29) is 11.9 Å². The zero-order valence-electron chi connectivity index (χ0n) is 11.4. The van der Waals surface area contributed by atoms with Crippen LogP contribution in [0.4, 0.5) is 4.39 Å². The molecular formula is C15H22FNO. The van der Waals surface area contributed by atoms with Crippen molar-refractivity contribution in [2.24, 2.45) is 0 Å². The van der Waals surface area contributed by atoms with Crippen molar-refractivity contribution in [2.75, 3.05) is 0 Å². The minimum atomic E-state index is -0.208. The third-order valence-electron chi connectivity index (χ3n) is 3.31. The van der Waals surface area contributed by atoms with Crippen LogP contribution >= 0.6 is 0 Å². The predicted molar refractivity (Wildman–Crippen MR) is 71.5 cm³/mol. The minimum absolute atomic E-state index is 0.208. The summed E-state index contributed by atoms with van der Waals surface area (Å²) in [6.07, 6.45) is 3.08. The average Bonchev–Trinajstić information content (AvgIpc) is 2.24. The molecule has 2 nitrogen and oxygen atoms in total. The summed E-state index contributed by atoms with van der Waals surface area (Å²) in [6.45, 7) is 6.31.